The molecule has 9 nitrogen and oxygen atoms in total. The van der Waals surface area contributed by atoms with Gasteiger partial charge in [-0.25, -0.2) is 14.8 Å². The monoisotopic (exact) mass is 536 g/mol. The minimum Gasteiger partial charge on any atom is -0.444 e. The molecule has 0 radical (unpaired) electrons. The number of nitrogens with zero attached hydrogens (tertiary/aromatic N) is 5. The molecule has 200 valence electrons. The number of amides is 2. The maximum atomic E-state index is 13.1. The molecule has 0 aromatic carbocycles. The van der Waals surface area contributed by atoms with Crippen LogP contribution in [0.25, 0.3) is 22.0 Å². The average Bonchev–Trinajstić information content (AvgIpc) is 3.36. The number of likely N-dealkylation sites (tertiary alicyclic amines) is 1. The Balaban J connectivity index is 1.23. The summed E-state index contributed by atoms with van der Waals surface area (Å²) < 4.78 is 5.47. The lowest BCUT2D eigenvalue weighted by Crippen LogP contribution is -2.45. The lowest BCUT2D eigenvalue weighted by Gasteiger charge is -2.33. The molecule has 2 aliphatic rings. The highest BCUT2D eigenvalue weighted by Gasteiger charge is 2.33. The number of hydrogen-bond donors (Lipinski definition) is 1. The molecule has 1 atom stereocenters. The number of hydrogen-bond acceptors (Lipinski definition) is 7. The SMILES string of the molecule is CC(C)(C)OC(=O)N1CC[C@@H](NC(=O)C2CCN(c3nc(-c4ccnc(Cl)c4)cc4cnccc34)CC2)C1. The molecule has 2 fully saturated rings. The number of aromatic nitrogens is 3. The van der Waals surface area contributed by atoms with Gasteiger partial charge in [-0.05, 0) is 64.3 Å². The van der Waals surface area contributed by atoms with E-state index in [0.717, 1.165) is 60.2 Å². The van der Waals surface area contributed by atoms with Gasteiger partial charge in [0.2, 0.25) is 5.91 Å². The van der Waals surface area contributed by atoms with Crippen LogP contribution >= 0.6 is 11.6 Å². The zero-order valence-electron chi connectivity index (χ0n) is 22.0. The summed E-state index contributed by atoms with van der Waals surface area (Å²) in [5.74, 6) is 0.871. The lowest BCUT2D eigenvalue weighted by atomic mass is 9.95. The van der Waals surface area contributed by atoms with Crippen LogP contribution < -0.4 is 10.2 Å². The first-order chi connectivity index (χ1) is 18.2. The quantitative estimate of drug-likeness (QED) is 0.483. The van der Waals surface area contributed by atoms with Crippen LogP contribution in [0.3, 0.4) is 0 Å². The van der Waals surface area contributed by atoms with Gasteiger partial charge >= 0.3 is 6.09 Å². The normalized spacial score (nSPS) is 18.6. The second kappa shape index (κ2) is 10.7. The molecule has 0 spiro atoms. The van der Waals surface area contributed by atoms with E-state index in [2.05, 4.69) is 20.2 Å². The van der Waals surface area contributed by atoms with Gasteiger partial charge in [0.25, 0.3) is 0 Å². The molecule has 38 heavy (non-hydrogen) atoms. The number of pyridine rings is 3. The van der Waals surface area contributed by atoms with Crippen molar-refractivity contribution in [1.82, 2.24) is 25.2 Å². The molecule has 0 unspecified atom stereocenters. The standard InChI is InChI=1S/C28H33ClN6O3/c1-28(2,3)38-27(37)35-13-8-21(17-35)32-26(36)18-6-11-34(12-7-18)25-22-5-9-30-16-20(22)14-23(33-25)19-4-10-31-24(29)15-19/h4-5,9-10,14-16,18,21H,6-8,11-13,17H2,1-3H3,(H,32,36)/t21-/m1/s1. The zero-order chi connectivity index (χ0) is 26.9. The molecule has 3 aromatic heterocycles. The van der Waals surface area contributed by atoms with E-state index in [1.54, 1.807) is 23.4 Å². The average molecular weight is 537 g/mol. The van der Waals surface area contributed by atoms with Crippen LogP contribution in [0.1, 0.15) is 40.0 Å². The molecule has 10 heteroatoms. The van der Waals surface area contributed by atoms with E-state index in [-0.39, 0.29) is 24.0 Å². The van der Waals surface area contributed by atoms with Gasteiger partial charge < -0.3 is 19.9 Å². The topological polar surface area (TPSA) is 101 Å². The van der Waals surface area contributed by atoms with Crippen LogP contribution in [-0.4, -0.2) is 69.7 Å². The minimum absolute atomic E-state index is 0.0463. The van der Waals surface area contributed by atoms with Gasteiger partial charge in [0.1, 0.15) is 16.6 Å². The number of piperidine rings is 1. The molecule has 2 aliphatic heterocycles. The Bertz CT molecular complexity index is 1340. The molecule has 3 aromatic rings. The Labute approximate surface area is 227 Å². The highest BCUT2D eigenvalue weighted by atomic mass is 35.5. The van der Waals surface area contributed by atoms with Crippen molar-refractivity contribution in [2.45, 2.75) is 51.7 Å². The molecule has 1 N–H and O–H groups in total. The van der Waals surface area contributed by atoms with Crippen molar-refractivity contribution in [1.29, 1.82) is 0 Å². The number of rotatable bonds is 4. The fourth-order valence-electron chi connectivity index (χ4n) is 5.07. The number of fused-ring (bicyclic) bond motifs is 1. The lowest BCUT2D eigenvalue weighted by molar-refractivity contribution is -0.126. The minimum atomic E-state index is -0.534. The number of halogens is 1. The first-order valence-corrected chi connectivity index (χ1v) is 13.4. The predicted molar refractivity (Wildman–Crippen MR) is 147 cm³/mol. The van der Waals surface area contributed by atoms with Gasteiger partial charge in [-0.2, -0.15) is 0 Å². The molecule has 0 bridgehead atoms. The van der Waals surface area contributed by atoms with E-state index >= 15 is 0 Å². The van der Waals surface area contributed by atoms with Crippen LogP contribution in [-0.2, 0) is 9.53 Å². The zero-order valence-corrected chi connectivity index (χ0v) is 22.7. The van der Waals surface area contributed by atoms with Crippen LogP contribution in [0.15, 0.2) is 42.9 Å². The fraction of sp³-hybridized carbons (Fsp3) is 0.464. The van der Waals surface area contributed by atoms with Crippen LogP contribution in [0.4, 0.5) is 10.6 Å². The number of carbonyl (C=O) groups excluding carboxylic acids is 2. The Kier molecular flexibility index (Phi) is 7.38. The Morgan fingerprint density at radius 2 is 1.87 bits per heavy atom. The smallest absolute Gasteiger partial charge is 0.410 e. The molecule has 2 saturated heterocycles. The van der Waals surface area contributed by atoms with Crippen molar-refractivity contribution in [3.8, 4) is 11.3 Å². The largest absolute Gasteiger partial charge is 0.444 e. The van der Waals surface area contributed by atoms with Gasteiger partial charge in [-0.1, -0.05) is 11.6 Å². The van der Waals surface area contributed by atoms with Crippen molar-refractivity contribution >= 4 is 40.2 Å². The molecule has 0 aliphatic carbocycles. The van der Waals surface area contributed by atoms with Crippen molar-refractivity contribution in [3.05, 3.63) is 48.0 Å². The van der Waals surface area contributed by atoms with Crippen molar-refractivity contribution < 1.29 is 14.3 Å². The van der Waals surface area contributed by atoms with E-state index in [0.29, 0.717) is 18.2 Å². The third-order valence-corrected chi connectivity index (χ3v) is 7.19. The molecular formula is C28H33ClN6O3. The van der Waals surface area contributed by atoms with Crippen LogP contribution in [0.2, 0.25) is 5.15 Å². The van der Waals surface area contributed by atoms with Gasteiger partial charge in [0.15, 0.2) is 0 Å². The number of carbonyl (C=O) groups is 2. The Morgan fingerprint density at radius 1 is 1.08 bits per heavy atom. The Morgan fingerprint density at radius 3 is 2.61 bits per heavy atom. The summed E-state index contributed by atoms with van der Waals surface area (Å²) in [4.78, 5) is 42.7. The summed E-state index contributed by atoms with van der Waals surface area (Å²) in [6.45, 7) is 8.07. The van der Waals surface area contributed by atoms with Gasteiger partial charge in [-0.3, -0.25) is 9.78 Å². The molecule has 5 rings (SSSR count). The first-order valence-electron chi connectivity index (χ1n) is 13.1. The molecular weight excluding hydrogens is 504 g/mol. The molecule has 5 heterocycles. The maximum absolute atomic E-state index is 13.1. The Hall–Kier alpha value is -3.46. The van der Waals surface area contributed by atoms with Crippen LogP contribution in [0.5, 0.6) is 0 Å². The second-order valence-corrected chi connectivity index (χ2v) is 11.4. The van der Waals surface area contributed by atoms with Gasteiger partial charge in [-0.15, -0.1) is 0 Å². The van der Waals surface area contributed by atoms with E-state index in [9.17, 15) is 9.59 Å². The predicted octanol–water partition coefficient (Wildman–Crippen LogP) is 4.69. The summed E-state index contributed by atoms with van der Waals surface area (Å²) in [6, 6.07) is 7.65. The van der Waals surface area contributed by atoms with E-state index in [4.69, 9.17) is 21.3 Å². The van der Waals surface area contributed by atoms with Gasteiger partial charge in [0.05, 0.1) is 5.69 Å². The summed E-state index contributed by atoms with van der Waals surface area (Å²) in [5, 5.41) is 5.61. The molecule has 2 amide bonds. The number of ether oxygens (including phenoxy) is 1. The second-order valence-electron chi connectivity index (χ2n) is 11.0. The number of nitrogens with one attached hydrogen (secondary N) is 1. The third-order valence-electron chi connectivity index (χ3n) is 6.99. The van der Waals surface area contributed by atoms with Crippen molar-refractivity contribution in [3.63, 3.8) is 0 Å². The summed E-state index contributed by atoms with van der Waals surface area (Å²) in [5.41, 5.74) is 1.16. The van der Waals surface area contributed by atoms with E-state index in [1.165, 1.54) is 0 Å². The van der Waals surface area contributed by atoms with Crippen molar-refractivity contribution in [2.24, 2.45) is 5.92 Å². The van der Waals surface area contributed by atoms with E-state index < -0.39 is 5.60 Å². The van der Waals surface area contributed by atoms with E-state index in [1.807, 2.05) is 45.2 Å². The highest BCUT2D eigenvalue weighted by Crippen LogP contribution is 2.32. The highest BCUT2D eigenvalue weighted by molar-refractivity contribution is 6.29. The van der Waals surface area contributed by atoms with Crippen molar-refractivity contribution in [2.75, 3.05) is 31.1 Å². The summed E-state index contributed by atoms with van der Waals surface area (Å²) >= 11 is 6.13. The number of anilines is 1. The summed E-state index contributed by atoms with van der Waals surface area (Å²) in [6.07, 6.45) is 7.16. The molecule has 0 saturated carbocycles. The van der Waals surface area contributed by atoms with Crippen LogP contribution in [0, 0.1) is 5.92 Å². The third kappa shape index (κ3) is 5.99. The fourth-order valence-corrected chi connectivity index (χ4v) is 5.25. The maximum Gasteiger partial charge on any atom is 0.410 e. The summed E-state index contributed by atoms with van der Waals surface area (Å²) in [7, 11) is 0. The van der Waals surface area contributed by atoms with Gasteiger partial charge in [0, 0.05) is 73.1 Å². The first kappa shape index (κ1) is 26.2.